The minimum Gasteiger partial charge on any atom is -0.481 e. The van der Waals surface area contributed by atoms with E-state index < -0.39 is 5.97 Å². The maximum Gasteiger partial charge on any atom is 0.305 e. The number of anilines is 1. The fourth-order valence-corrected chi connectivity index (χ4v) is 2.87. The van der Waals surface area contributed by atoms with E-state index in [1.807, 2.05) is 24.3 Å². The maximum atomic E-state index is 11.0. The molecule has 6 heteroatoms. The highest BCUT2D eigenvalue weighted by Crippen LogP contribution is 2.30. The molecule has 1 atom stereocenters. The fourth-order valence-electron chi connectivity index (χ4n) is 2.70. The van der Waals surface area contributed by atoms with Crippen LogP contribution < -0.4 is 4.90 Å². The number of rotatable bonds is 3. The van der Waals surface area contributed by atoms with Crippen molar-refractivity contribution in [1.82, 2.24) is 4.98 Å². The van der Waals surface area contributed by atoms with Crippen molar-refractivity contribution in [3.63, 3.8) is 0 Å². The van der Waals surface area contributed by atoms with E-state index in [9.17, 15) is 4.79 Å². The summed E-state index contributed by atoms with van der Waals surface area (Å²) in [5, 5.41) is 10.7. The molecule has 1 aromatic carbocycles. The number of hydrogen-bond donors (Lipinski definition) is 1. The standard InChI is InChI=1S/C15H15ClN2O3/c16-10-1-2-12-13(7-10)17-4-3-14(12)18-5-6-21-9-11(18)8-15(19)20/h1-4,7,11H,5-6,8-9H2,(H,19,20). The summed E-state index contributed by atoms with van der Waals surface area (Å²) >= 11 is 6.00. The summed E-state index contributed by atoms with van der Waals surface area (Å²) < 4.78 is 5.42. The fraction of sp³-hybridized carbons (Fsp3) is 0.333. The molecule has 2 heterocycles. The van der Waals surface area contributed by atoms with Gasteiger partial charge in [0.1, 0.15) is 0 Å². The van der Waals surface area contributed by atoms with Crippen molar-refractivity contribution in [1.29, 1.82) is 0 Å². The van der Waals surface area contributed by atoms with Crippen molar-refractivity contribution >= 4 is 34.2 Å². The molecule has 1 aliphatic heterocycles. The summed E-state index contributed by atoms with van der Waals surface area (Å²) in [5.41, 5.74) is 1.78. The number of carboxylic acids is 1. The number of morpholine rings is 1. The van der Waals surface area contributed by atoms with E-state index in [2.05, 4.69) is 9.88 Å². The smallest absolute Gasteiger partial charge is 0.305 e. The quantitative estimate of drug-likeness (QED) is 0.944. The zero-order valence-electron chi connectivity index (χ0n) is 11.3. The Kier molecular flexibility index (Phi) is 3.94. The maximum absolute atomic E-state index is 11.0. The number of aliphatic carboxylic acids is 1. The van der Waals surface area contributed by atoms with Gasteiger partial charge in [-0.15, -0.1) is 0 Å². The Hall–Kier alpha value is -1.85. The monoisotopic (exact) mass is 306 g/mol. The zero-order chi connectivity index (χ0) is 14.8. The molecule has 0 amide bonds. The third-order valence-corrected chi connectivity index (χ3v) is 3.86. The van der Waals surface area contributed by atoms with Crippen LogP contribution in [0.3, 0.4) is 0 Å². The van der Waals surface area contributed by atoms with Crippen molar-refractivity contribution in [2.24, 2.45) is 0 Å². The molecule has 1 unspecified atom stereocenters. The van der Waals surface area contributed by atoms with Crippen molar-refractivity contribution in [2.75, 3.05) is 24.7 Å². The van der Waals surface area contributed by atoms with Crippen molar-refractivity contribution < 1.29 is 14.6 Å². The van der Waals surface area contributed by atoms with Gasteiger partial charge in [0.05, 0.1) is 31.2 Å². The van der Waals surface area contributed by atoms with Crippen LogP contribution in [0.15, 0.2) is 30.5 Å². The summed E-state index contributed by atoms with van der Waals surface area (Å²) in [6.45, 7) is 1.68. The lowest BCUT2D eigenvalue weighted by molar-refractivity contribution is -0.138. The first-order valence-corrected chi connectivity index (χ1v) is 7.13. The number of carbonyl (C=O) groups is 1. The number of hydrogen-bond acceptors (Lipinski definition) is 4. The molecule has 1 aliphatic rings. The third kappa shape index (κ3) is 2.94. The lowest BCUT2D eigenvalue weighted by Crippen LogP contribution is -2.46. The first-order chi connectivity index (χ1) is 10.1. The molecule has 0 spiro atoms. The van der Waals surface area contributed by atoms with E-state index in [0.717, 1.165) is 16.6 Å². The summed E-state index contributed by atoms with van der Waals surface area (Å²) in [6, 6.07) is 7.30. The number of ether oxygens (including phenoxy) is 1. The van der Waals surface area contributed by atoms with Crippen LogP contribution >= 0.6 is 11.6 Å². The Labute approximate surface area is 127 Å². The summed E-state index contributed by atoms with van der Waals surface area (Å²) in [7, 11) is 0. The number of nitrogens with zero attached hydrogens (tertiary/aromatic N) is 2. The largest absolute Gasteiger partial charge is 0.481 e. The second-order valence-electron chi connectivity index (χ2n) is 5.01. The van der Waals surface area contributed by atoms with Crippen LogP contribution in [0.25, 0.3) is 10.9 Å². The molecule has 2 aromatic rings. The predicted octanol–water partition coefficient (Wildman–Crippen LogP) is 2.57. The van der Waals surface area contributed by atoms with Crippen LogP contribution in [0.4, 0.5) is 5.69 Å². The first-order valence-electron chi connectivity index (χ1n) is 6.75. The third-order valence-electron chi connectivity index (χ3n) is 3.63. The second-order valence-corrected chi connectivity index (χ2v) is 5.45. The molecule has 1 fully saturated rings. The van der Waals surface area contributed by atoms with Gasteiger partial charge in [-0.2, -0.15) is 0 Å². The van der Waals surface area contributed by atoms with Gasteiger partial charge >= 0.3 is 5.97 Å². The number of benzene rings is 1. The van der Waals surface area contributed by atoms with Crippen LogP contribution in [0.5, 0.6) is 0 Å². The lowest BCUT2D eigenvalue weighted by Gasteiger charge is -2.37. The molecular formula is C15H15ClN2O3. The molecule has 3 rings (SSSR count). The van der Waals surface area contributed by atoms with E-state index in [1.54, 1.807) is 6.20 Å². The molecule has 0 saturated carbocycles. The van der Waals surface area contributed by atoms with Crippen LogP contribution in [-0.4, -0.2) is 41.9 Å². The lowest BCUT2D eigenvalue weighted by atomic mass is 10.1. The minimum absolute atomic E-state index is 0.0530. The van der Waals surface area contributed by atoms with E-state index in [1.165, 1.54) is 0 Å². The number of pyridine rings is 1. The molecule has 21 heavy (non-hydrogen) atoms. The van der Waals surface area contributed by atoms with E-state index in [-0.39, 0.29) is 12.5 Å². The molecule has 110 valence electrons. The summed E-state index contributed by atoms with van der Waals surface area (Å²) in [5.74, 6) is -0.822. The van der Waals surface area contributed by atoms with Crippen LogP contribution in [0.1, 0.15) is 6.42 Å². The average Bonchev–Trinajstić information content (AvgIpc) is 2.46. The van der Waals surface area contributed by atoms with Gasteiger partial charge in [0.15, 0.2) is 0 Å². The first kappa shape index (κ1) is 14.1. The minimum atomic E-state index is -0.822. The molecule has 0 bridgehead atoms. The summed E-state index contributed by atoms with van der Waals surface area (Å²) in [6.07, 6.45) is 1.78. The molecule has 0 aliphatic carbocycles. The average molecular weight is 307 g/mol. The number of carboxylic acid groups (broad SMARTS) is 1. The Balaban J connectivity index is 2.03. The molecule has 5 nitrogen and oxygen atoms in total. The van der Waals surface area contributed by atoms with Gasteiger partial charge in [0.2, 0.25) is 0 Å². The number of halogens is 1. The predicted molar refractivity (Wildman–Crippen MR) is 81.0 cm³/mol. The molecule has 1 N–H and O–H groups in total. The number of fused-ring (bicyclic) bond motifs is 1. The molecule has 1 saturated heterocycles. The topological polar surface area (TPSA) is 62.7 Å². The summed E-state index contributed by atoms with van der Waals surface area (Å²) in [4.78, 5) is 17.5. The van der Waals surface area contributed by atoms with Gasteiger partial charge in [-0.25, -0.2) is 0 Å². The highest BCUT2D eigenvalue weighted by atomic mass is 35.5. The van der Waals surface area contributed by atoms with Gasteiger partial charge < -0.3 is 14.7 Å². The zero-order valence-corrected chi connectivity index (χ0v) is 12.1. The Bertz CT molecular complexity index is 677. The second kappa shape index (κ2) is 5.87. The van der Waals surface area contributed by atoms with E-state index in [4.69, 9.17) is 21.4 Å². The van der Waals surface area contributed by atoms with Crippen LogP contribution in [0, 0.1) is 0 Å². The van der Waals surface area contributed by atoms with Gasteiger partial charge in [-0.05, 0) is 24.3 Å². The highest BCUT2D eigenvalue weighted by molar-refractivity contribution is 6.31. The van der Waals surface area contributed by atoms with Crippen LogP contribution in [-0.2, 0) is 9.53 Å². The van der Waals surface area contributed by atoms with Crippen LogP contribution in [0.2, 0.25) is 5.02 Å². The van der Waals surface area contributed by atoms with Gasteiger partial charge in [0.25, 0.3) is 0 Å². The van der Waals surface area contributed by atoms with Crippen molar-refractivity contribution in [3.8, 4) is 0 Å². The van der Waals surface area contributed by atoms with Gasteiger partial charge in [-0.1, -0.05) is 11.6 Å². The van der Waals surface area contributed by atoms with E-state index >= 15 is 0 Å². The Morgan fingerprint density at radius 1 is 1.48 bits per heavy atom. The molecular weight excluding hydrogens is 292 g/mol. The normalized spacial score (nSPS) is 18.9. The van der Waals surface area contributed by atoms with Crippen molar-refractivity contribution in [3.05, 3.63) is 35.5 Å². The van der Waals surface area contributed by atoms with Gasteiger partial charge in [0, 0.05) is 28.8 Å². The number of aromatic nitrogens is 1. The van der Waals surface area contributed by atoms with Crippen molar-refractivity contribution in [2.45, 2.75) is 12.5 Å². The Morgan fingerprint density at radius 3 is 3.14 bits per heavy atom. The van der Waals surface area contributed by atoms with Gasteiger partial charge in [-0.3, -0.25) is 9.78 Å². The van der Waals surface area contributed by atoms with E-state index in [0.29, 0.717) is 24.8 Å². The molecule has 0 radical (unpaired) electrons. The SMILES string of the molecule is O=C(O)CC1COCCN1c1ccnc2cc(Cl)ccc12. The highest BCUT2D eigenvalue weighted by Gasteiger charge is 2.26. The Morgan fingerprint density at radius 2 is 2.33 bits per heavy atom. The molecule has 1 aromatic heterocycles.